The van der Waals surface area contributed by atoms with Crippen LogP contribution in [0.1, 0.15) is 35.1 Å². The maximum atomic E-state index is 13.4. The summed E-state index contributed by atoms with van der Waals surface area (Å²) >= 11 is 0. The fourth-order valence-corrected chi connectivity index (χ4v) is 7.39. The van der Waals surface area contributed by atoms with Crippen molar-refractivity contribution < 1.29 is 18.1 Å². The smallest absolute Gasteiger partial charge is 0.269 e. The number of nitrogens with one attached hydrogen (secondary N) is 2. The lowest BCUT2D eigenvalue weighted by Gasteiger charge is -2.37. The van der Waals surface area contributed by atoms with Gasteiger partial charge >= 0.3 is 0 Å². The third-order valence-electron chi connectivity index (χ3n) is 8.68. The molecule has 7 rings (SSSR count). The van der Waals surface area contributed by atoms with Gasteiger partial charge in [0.1, 0.15) is 12.4 Å². The van der Waals surface area contributed by atoms with E-state index in [1.807, 2.05) is 60.7 Å². The number of allylic oxidation sites excluding steroid dienone is 2. The number of rotatable bonds is 9. The van der Waals surface area contributed by atoms with Crippen LogP contribution in [0.4, 0.5) is 17.1 Å². The van der Waals surface area contributed by atoms with Gasteiger partial charge in [0.05, 0.1) is 15.9 Å². The number of benzene rings is 5. The van der Waals surface area contributed by atoms with E-state index in [4.69, 9.17) is 4.74 Å². The number of anilines is 2. The van der Waals surface area contributed by atoms with Gasteiger partial charge < -0.3 is 10.1 Å². The Morgan fingerprint density at radius 3 is 2.28 bits per heavy atom. The minimum Gasteiger partial charge on any atom is -0.489 e. The number of ether oxygens (including phenoxy) is 1. The molecule has 2 N–H and O–H groups in total. The molecule has 0 fully saturated rings. The molecule has 0 spiro atoms. The second kappa shape index (κ2) is 12.2. The summed E-state index contributed by atoms with van der Waals surface area (Å²) in [7, 11) is -3.80. The fourth-order valence-electron chi connectivity index (χ4n) is 6.30. The molecule has 0 unspecified atom stereocenters. The Labute approximate surface area is 267 Å². The lowest BCUT2D eigenvalue weighted by Crippen LogP contribution is -2.29. The molecule has 0 bridgehead atoms. The third-order valence-corrected chi connectivity index (χ3v) is 10.1. The normalized spacial score (nSPS) is 18.2. The molecule has 0 radical (unpaired) electrons. The van der Waals surface area contributed by atoms with Crippen LogP contribution in [0.5, 0.6) is 5.75 Å². The van der Waals surface area contributed by atoms with Crippen LogP contribution < -0.4 is 14.8 Å². The van der Waals surface area contributed by atoms with Crippen molar-refractivity contribution in [2.75, 3.05) is 10.0 Å². The van der Waals surface area contributed by atoms with Crippen molar-refractivity contribution in [1.82, 2.24) is 0 Å². The summed E-state index contributed by atoms with van der Waals surface area (Å²) in [5.41, 5.74) is 6.50. The highest BCUT2D eigenvalue weighted by molar-refractivity contribution is 7.92. The molecule has 1 heterocycles. The van der Waals surface area contributed by atoms with Gasteiger partial charge in [-0.05, 0) is 94.8 Å². The number of sulfonamides is 1. The standard InChI is InChI=1S/C37H31N3O5S/c41-40(42)30-17-9-25(10-18-30)24-45-31-19-13-28(14-20-31)37-34-8-4-7-33(34)35-23-32(21-22-36(35)38-37)46(43,44)39-29-15-11-27(12-16-29)26-5-2-1-3-6-26/h1-7,9-23,33-34,37-39H,8,24H2/t33-,34+,37+/m0/s1. The molecule has 0 saturated heterocycles. The summed E-state index contributed by atoms with van der Waals surface area (Å²) in [5, 5.41) is 14.6. The van der Waals surface area contributed by atoms with Crippen LogP contribution in [0.25, 0.3) is 11.1 Å². The van der Waals surface area contributed by atoms with Crippen LogP contribution in [0.15, 0.2) is 138 Å². The molecule has 9 heteroatoms. The summed E-state index contributed by atoms with van der Waals surface area (Å²) in [6, 6.07) is 37.0. The molecule has 0 aromatic heterocycles. The van der Waals surface area contributed by atoms with Crippen molar-refractivity contribution in [3.8, 4) is 16.9 Å². The second-order valence-electron chi connectivity index (χ2n) is 11.6. The largest absolute Gasteiger partial charge is 0.489 e. The van der Waals surface area contributed by atoms with Crippen molar-refractivity contribution in [2.24, 2.45) is 5.92 Å². The Morgan fingerprint density at radius 2 is 1.57 bits per heavy atom. The predicted molar refractivity (Wildman–Crippen MR) is 179 cm³/mol. The highest BCUT2D eigenvalue weighted by Crippen LogP contribution is 2.50. The van der Waals surface area contributed by atoms with Gasteiger partial charge in [0, 0.05) is 29.4 Å². The van der Waals surface area contributed by atoms with E-state index < -0.39 is 14.9 Å². The van der Waals surface area contributed by atoms with E-state index in [9.17, 15) is 18.5 Å². The molecule has 0 saturated carbocycles. The summed E-state index contributed by atoms with van der Waals surface area (Å²) in [6.07, 6.45) is 5.24. The van der Waals surface area contributed by atoms with Crippen LogP contribution in [-0.2, 0) is 16.6 Å². The minimum atomic E-state index is -3.80. The van der Waals surface area contributed by atoms with Crippen LogP contribution in [0.3, 0.4) is 0 Å². The third kappa shape index (κ3) is 5.97. The topological polar surface area (TPSA) is 111 Å². The molecule has 1 aliphatic carbocycles. The van der Waals surface area contributed by atoms with E-state index in [1.54, 1.807) is 36.4 Å². The van der Waals surface area contributed by atoms with Gasteiger partial charge in [0.15, 0.2) is 0 Å². The maximum absolute atomic E-state index is 13.4. The van der Waals surface area contributed by atoms with Gasteiger partial charge in [-0.3, -0.25) is 14.8 Å². The van der Waals surface area contributed by atoms with Crippen molar-refractivity contribution in [2.45, 2.75) is 29.9 Å². The van der Waals surface area contributed by atoms with E-state index in [0.29, 0.717) is 18.0 Å². The summed E-state index contributed by atoms with van der Waals surface area (Å²) in [5.74, 6) is 1.02. The van der Waals surface area contributed by atoms with Gasteiger partial charge in [-0.25, -0.2) is 8.42 Å². The Balaban J connectivity index is 1.05. The monoisotopic (exact) mass is 629 g/mol. The van der Waals surface area contributed by atoms with Crippen molar-refractivity contribution in [3.63, 3.8) is 0 Å². The second-order valence-corrected chi connectivity index (χ2v) is 13.2. The lowest BCUT2D eigenvalue weighted by molar-refractivity contribution is -0.384. The molecule has 1 aliphatic heterocycles. The first-order valence-corrected chi connectivity index (χ1v) is 16.5. The Morgan fingerprint density at radius 1 is 0.848 bits per heavy atom. The average molecular weight is 630 g/mol. The molecule has 46 heavy (non-hydrogen) atoms. The summed E-state index contributed by atoms with van der Waals surface area (Å²) in [4.78, 5) is 10.7. The lowest BCUT2D eigenvalue weighted by atomic mass is 9.77. The van der Waals surface area contributed by atoms with Gasteiger partial charge in [0.2, 0.25) is 0 Å². The molecule has 2 aliphatic rings. The zero-order valence-corrected chi connectivity index (χ0v) is 25.6. The van der Waals surface area contributed by atoms with Gasteiger partial charge in [-0.2, -0.15) is 0 Å². The van der Waals surface area contributed by atoms with Gasteiger partial charge in [-0.1, -0.05) is 66.7 Å². The van der Waals surface area contributed by atoms with Gasteiger partial charge in [-0.15, -0.1) is 0 Å². The number of nitro groups is 1. The summed E-state index contributed by atoms with van der Waals surface area (Å²) < 4.78 is 35.6. The summed E-state index contributed by atoms with van der Waals surface area (Å²) in [6.45, 7) is 0.306. The number of hydrogen-bond donors (Lipinski definition) is 2. The first kappa shape index (κ1) is 29.3. The highest BCUT2D eigenvalue weighted by atomic mass is 32.2. The first-order chi connectivity index (χ1) is 22.3. The van der Waals surface area contributed by atoms with Crippen molar-refractivity contribution in [1.29, 1.82) is 0 Å². The van der Waals surface area contributed by atoms with E-state index in [2.05, 4.69) is 34.3 Å². The van der Waals surface area contributed by atoms with E-state index in [1.165, 1.54) is 12.1 Å². The molecular formula is C37H31N3O5S. The number of nitro benzene ring substituents is 1. The van der Waals surface area contributed by atoms with Crippen LogP contribution in [0.2, 0.25) is 0 Å². The molecule has 0 amide bonds. The van der Waals surface area contributed by atoms with E-state index in [-0.39, 0.29) is 28.5 Å². The van der Waals surface area contributed by atoms with Gasteiger partial charge in [0.25, 0.3) is 15.7 Å². The maximum Gasteiger partial charge on any atom is 0.269 e. The zero-order chi connectivity index (χ0) is 31.7. The Bertz CT molecular complexity index is 2010. The SMILES string of the molecule is O=[N+]([O-])c1ccc(COc2ccc([C@H]3Nc4ccc(S(=O)(=O)Nc5ccc(-c6ccccc6)cc5)cc4[C@H]4C=CC[C@H]43)cc2)cc1. The van der Waals surface area contributed by atoms with E-state index >= 15 is 0 Å². The van der Waals surface area contributed by atoms with Crippen LogP contribution in [-0.4, -0.2) is 13.3 Å². The molecule has 3 atom stereocenters. The molecule has 8 nitrogen and oxygen atoms in total. The van der Waals surface area contributed by atoms with E-state index in [0.717, 1.165) is 39.9 Å². The highest BCUT2D eigenvalue weighted by Gasteiger charge is 2.38. The Kier molecular flexibility index (Phi) is 7.76. The minimum absolute atomic E-state index is 0.0416. The molecular weight excluding hydrogens is 598 g/mol. The number of fused-ring (bicyclic) bond motifs is 3. The van der Waals surface area contributed by atoms with Crippen LogP contribution >= 0.6 is 0 Å². The van der Waals surface area contributed by atoms with Crippen molar-refractivity contribution in [3.05, 3.63) is 160 Å². The quantitative estimate of drug-likeness (QED) is 0.0962. The number of nitrogens with zero attached hydrogens (tertiary/aromatic N) is 1. The van der Waals surface area contributed by atoms with Crippen LogP contribution in [0, 0.1) is 16.0 Å². The number of non-ortho nitro benzene ring substituents is 1. The molecule has 5 aromatic carbocycles. The first-order valence-electron chi connectivity index (χ1n) is 15.1. The Hall–Kier alpha value is -5.41. The van der Waals surface area contributed by atoms with Crippen molar-refractivity contribution >= 4 is 27.1 Å². The fraction of sp³-hybridized carbons (Fsp3) is 0.135. The molecule has 230 valence electrons. The average Bonchev–Trinajstić information content (AvgIpc) is 3.58. The molecule has 5 aromatic rings. The zero-order valence-electron chi connectivity index (χ0n) is 24.7. The predicted octanol–water partition coefficient (Wildman–Crippen LogP) is 8.47. The number of hydrogen-bond acceptors (Lipinski definition) is 6.